The van der Waals surface area contributed by atoms with Crippen molar-refractivity contribution in [3.8, 4) is 17.2 Å². The lowest BCUT2D eigenvalue weighted by atomic mass is 10.1. The van der Waals surface area contributed by atoms with E-state index < -0.39 is 23.9 Å². The van der Waals surface area contributed by atoms with Crippen LogP contribution >= 0.6 is 15.9 Å². The quantitative estimate of drug-likeness (QED) is 0.120. The van der Waals surface area contributed by atoms with Crippen LogP contribution in [-0.4, -0.2) is 23.9 Å². The van der Waals surface area contributed by atoms with Crippen LogP contribution in [0.3, 0.4) is 0 Å². The largest absolute Gasteiger partial charge is 0.457 e. The van der Waals surface area contributed by atoms with E-state index in [1.165, 1.54) is 48.5 Å². The lowest BCUT2D eigenvalue weighted by molar-refractivity contribution is 0.0469. The van der Waals surface area contributed by atoms with Gasteiger partial charge in [-0.1, -0.05) is 82.7 Å². The second-order valence-electron chi connectivity index (χ2n) is 9.27. The van der Waals surface area contributed by atoms with E-state index in [0.29, 0.717) is 0 Å². The molecule has 5 rings (SSSR count). The number of carbonyl (C=O) groups is 4. The Hall–Kier alpha value is -5.54. The topological polar surface area (TPSA) is 105 Å². The molecule has 0 aliphatic carbocycles. The Morgan fingerprint density at radius 2 is 0.886 bits per heavy atom. The monoisotopic (exact) mass is 650 g/mol. The fraction of sp³-hybridized carbons (Fsp3) is 0.0286. The van der Waals surface area contributed by atoms with Gasteiger partial charge in [0.15, 0.2) is 11.5 Å². The summed E-state index contributed by atoms with van der Waals surface area (Å²) >= 11 is 3.36. The van der Waals surface area contributed by atoms with Gasteiger partial charge in [0, 0.05) is 4.47 Å². The van der Waals surface area contributed by atoms with Crippen molar-refractivity contribution >= 4 is 39.8 Å². The van der Waals surface area contributed by atoms with Crippen molar-refractivity contribution in [2.75, 3.05) is 0 Å². The Morgan fingerprint density at radius 3 is 1.32 bits per heavy atom. The molecule has 5 aromatic rings. The number of benzene rings is 5. The van der Waals surface area contributed by atoms with Crippen molar-refractivity contribution in [1.29, 1.82) is 0 Å². The number of halogens is 1. The summed E-state index contributed by atoms with van der Waals surface area (Å²) in [4.78, 5) is 52.6. The highest BCUT2D eigenvalue weighted by Gasteiger charge is 2.26. The van der Waals surface area contributed by atoms with Crippen LogP contribution in [0.2, 0.25) is 0 Å². The fourth-order valence-electron chi connectivity index (χ4n) is 3.95. The van der Waals surface area contributed by atoms with E-state index in [1.807, 2.05) is 0 Å². The van der Waals surface area contributed by atoms with Gasteiger partial charge in [-0.3, -0.25) is 0 Å². The van der Waals surface area contributed by atoms with Crippen molar-refractivity contribution in [2.24, 2.45) is 0 Å². The first kappa shape index (κ1) is 29.9. The smallest absolute Gasteiger partial charge is 0.343 e. The van der Waals surface area contributed by atoms with Gasteiger partial charge in [-0.05, 0) is 66.2 Å². The van der Waals surface area contributed by atoms with Crippen molar-refractivity contribution in [3.05, 3.63) is 160 Å². The Morgan fingerprint density at radius 1 is 0.477 bits per heavy atom. The van der Waals surface area contributed by atoms with Crippen LogP contribution in [0.25, 0.3) is 0 Å². The van der Waals surface area contributed by atoms with E-state index in [1.54, 1.807) is 78.9 Å². The summed E-state index contributed by atoms with van der Waals surface area (Å²) in [6.07, 6.45) is 0. The standard InChI is InChI=1S/C35H23BrO8/c36-28-18-16-23(17-19-28)22-41-32(37)27-20-29(42-33(38)24-10-4-1-5-11-24)31(44-35(40)26-14-8-3-9-15-26)30(21-27)43-34(39)25-12-6-2-7-13-25/h1-21H,22H2. The summed E-state index contributed by atoms with van der Waals surface area (Å²) in [6, 6.07) is 33.8. The molecule has 44 heavy (non-hydrogen) atoms. The Bertz CT molecular complexity index is 1710. The maximum absolute atomic E-state index is 13.2. The SMILES string of the molecule is O=C(OCc1ccc(Br)cc1)c1cc(OC(=O)c2ccccc2)c(OC(=O)c2ccccc2)c(OC(=O)c2ccccc2)c1. The molecule has 0 amide bonds. The molecule has 0 atom stereocenters. The minimum absolute atomic E-state index is 0.0604. The van der Waals surface area contributed by atoms with E-state index in [4.69, 9.17) is 18.9 Å². The molecule has 0 saturated heterocycles. The summed E-state index contributed by atoms with van der Waals surface area (Å²) in [5.41, 5.74) is 1.18. The molecular formula is C35H23BrO8. The van der Waals surface area contributed by atoms with Crippen LogP contribution in [0, 0.1) is 0 Å². The maximum Gasteiger partial charge on any atom is 0.343 e. The van der Waals surface area contributed by atoms with E-state index in [-0.39, 0.29) is 46.1 Å². The van der Waals surface area contributed by atoms with Gasteiger partial charge < -0.3 is 18.9 Å². The first-order valence-corrected chi connectivity index (χ1v) is 14.1. The highest BCUT2D eigenvalue weighted by atomic mass is 79.9. The Balaban J connectivity index is 1.55. The second kappa shape index (κ2) is 14.1. The molecule has 0 aliphatic heterocycles. The van der Waals surface area contributed by atoms with E-state index in [9.17, 15) is 19.2 Å². The van der Waals surface area contributed by atoms with Crippen LogP contribution in [0.5, 0.6) is 17.2 Å². The number of esters is 4. The molecule has 0 unspecified atom stereocenters. The average molecular weight is 651 g/mol. The fourth-order valence-corrected chi connectivity index (χ4v) is 4.22. The molecule has 0 aliphatic rings. The van der Waals surface area contributed by atoms with Gasteiger partial charge in [-0.25, -0.2) is 19.2 Å². The molecule has 218 valence electrons. The summed E-state index contributed by atoms with van der Waals surface area (Å²) in [6.45, 7) is -0.0604. The molecule has 0 spiro atoms. The average Bonchev–Trinajstić information content (AvgIpc) is 3.06. The van der Waals surface area contributed by atoms with Crippen molar-refractivity contribution in [2.45, 2.75) is 6.61 Å². The third-order valence-corrected chi connectivity index (χ3v) is 6.70. The molecular weight excluding hydrogens is 628 g/mol. The molecule has 0 heterocycles. The Kier molecular flexibility index (Phi) is 9.58. The predicted octanol–water partition coefficient (Wildman–Crippen LogP) is 7.46. The normalized spacial score (nSPS) is 10.4. The van der Waals surface area contributed by atoms with E-state index in [0.717, 1.165) is 10.0 Å². The van der Waals surface area contributed by atoms with Gasteiger partial charge in [-0.2, -0.15) is 0 Å². The molecule has 0 N–H and O–H groups in total. The number of hydrogen-bond acceptors (Lipinski definition) is 8. The summed E-state index contributed by atoms with van der Waals surface area (Å²) in [7, 11) is 0. The van der Waals surface area contributed by atoms with Crippen LogP contribution < -0.4 is 14.2 Å². The van der Waals surface area contributed by atoms with Crippen LogP contribution in [-0.2, 0) is 11.3 Å². The van der Waals surface area contributed by atoms with Gasteiger partial charge in [0.1, 0.15) is 6.61 Å². The number of rotatable bonds is 9. The van der Waals surface area contributed by atoms with E-state index in [2.05, 4.69) is 15.9 Å². The van der Waals surface area contributed by atoms with Crippen molar-refractivity contribution in [1.82, 2.24) is 0 Å². The lowest BCUT2D eigenvalue weighted by Crippen LogP contribution is -2.16. The van der Waals surface area contributed by atoms with Crippen LogP contribution in [0.4, 0.5) is 0 Å². The minimum Gasteiger partial charge on any atom is -0.457 e. The summed E-state index contributed by atoms with van der Waals surface area (Å²) < 4.78 is 23.3. The highest BCUT2D eigenvalue weighted by Crippen LogP contribution is 2.41. The third-order valence-electron chi connectivity index (χ3n) is 6.17. The first-order chi connectivity index (χ1) is 21.4. The van der Waals surface area contributed by atoms with E-state index >= 15 is 0 Å². The van der Waals surface area contributed by atoms with Gasteiger partial charge in [0.2, 0.25) is 5.75 Å². The zero-order valence-corrected chi connectivity index (χ0v) is 24.6. The van der Waals surface area contributed by atoms with Crippen LogP contribution in [0.15, 0.2) is 132 Å². The molecule has 9 heteroatoms. The molecule has 0 fully saturated rings. The molecule has 8 nitrogen and oxygen atoms in total. The van der Waals surface area contributed by atoms with Crippen LogP contribution in [0.1, 0.15) is 47.0 Å². The predicted molar refractivity (Wildman–Crippen MR) is 164 cm³/mol. The Labute approximate surface area is 260 Å². The molecule has 0 radical (unpaired) electrons. The van der Waals surface area contributed by atoms with Gasteiger partial charge in [0.25, 0.3) is 0 Å². The minimum atomic E-state index is -0.815. The molecule has 0 saturated carbocycles. The summed E-state index contributed by atoms with van der Waals surface area (Å²) in [5, 5.41) is 0. The van der Waals surface area contributed by atoms with Crippen molar-refractivity contribution in [3.63, 3.8) is 0 Å². The number of hydrogen-bond donors (Lipinski definition) is 0. The molecule has 0 bridgehead atoms. The third kappa shape index (κ3) is 7.64. The summed E-state index contributed by atoms with van der Waals surface area (Å²) in [5.74, 6) is -4.27. The zero-order chi connectivity index (χ0) is 30.9. The lowest BCUT2D eigenvalue weighted by Gasteiger charge is -2.16. The first-order valence-electron chi connectivity index (χ1n) is 13.3. The zero-order valence-electron chi connectivity index (χ0n) is 23.0. The molecule has 5 aromatic carbocycles. The highest BCUT2D eigenvalue weighted by molar-refractivity contribution is 9.10. The number of carbonyl (C=O) groups excluding carboxylic acids is 4. The van der Waals surface area contributed by atoms with Gasteiger partial charge >= 0.3 is 23.9 Å². The number of ether oxygens (including phenoxy) is 4. The van der Waals surface area contributed by atoms with Crippen molar-refractivity contribution < 1.29 is 38.1 Å². The van der Waals surface area contributed by atoms with Gasteiger partial charge in [-0.15, -0.1) is 0 Å². The second-order valence-corrected chi connectivity index (χ2v) is 10.2. The van der Waals surface area contributed by atoms with Gasteiger partial charge in [0.05, 0.1) is 22.3 Å². The molecule has 0 aromatic heterocycles. The maximum atomic E-state index is 13.2.